The highest BCUT2D eigenvalue weighted by atomic mass is 28.4. The van der Waals surface area contributed by atoms with Gasteiger partial charge in [0.25, 0.3) is 0 Å². The van der Waals surface area contributed by atoms with Crippen LogP contribution in [-0.2, 0) is 0 Å². The van der Waals surface area contributed by atoms with Gasteiger partial charge in [-0.1, -0.05) is 0 Å². The lowest BCUT2D eigenvalue weighted by molar-refractivity contribution is 1.16. The summed E-state index contributed by atoms with van der Waals surface area (Å²) in [7, 11) is -1.95. The maximum atomic E-state index is 3.60. The molecular weight excluding hydrogens is 162 g/mol. The van der Waals surface area contributed by atoms with E-state index in [0.29, 0.717) is 0 Å². The van der Waals surface area contributed by atoms with E-state index in [2.05, 4.69) is 33.6 Å². The van der Waals surface area contributed by atoms with E-state index in [1.54, 1.807) is 0 Å². The van der Waals surface area contributed by atoms with Crippen molar-refractivity contribution < 1.29 is 0 Å². The molecule has 9 heavy (non-hydrogen) atoms. The molecule has 0 aromatic heterocycles. The van der Waals surface area contributed by atoms with Gasteiger partial charge in [0, 0.05) is 0 Å². The largest absolute Gasteiger partial charge is 0.341 e. The van der Waals surface area contributed by atoms with Gasteiger partial charge in [0.05, 0.1) is 0 Å². The molecule has 0 aromatic carbocycles. The standard InChI is InChI=1S/C3H15N3Si3/c1-7-4-8(2)6-9(3)5-7/h4-9H,1-3H3. The van der Waals surface area contributed by atoms with Crippen molar-refractivity contribution >= 4 is 27.4 Å². The zero-order valence-electron chi connectivity index (χ0n) is 6.23. The molecule has 54 valence electrons. The highest BCUT2D eigenvalue weighted by Gasteiger charge is 2.20. The smallest absolute Gasteiger partial charge is 0.169 e. The van der Waals surface area contributed by atoms with Gasteiger partial charge in [-0.3, -0.25) is 0 Å². The van der Waals surface area contributed by atoms with Gasteiger partial charge in [0.2, 0.25) is 0 Å². The molecule has 1 saturated heterocycles. The second kappa shape index (κ2) is 3.08. The van der Waals surface area contributed by atoms with Crippen molar-refractivity contribution in [3.63, 3.8) is 0 Å². The number of hydrogen-bond donors (Lipinski definition) is 3. The Bertz CT molecular complexity index is 75.3. The Morgan fingerprint density at radius 2 is 0.889 bits per heavy atom. The minimum Gasteiger partial charge on any atom is -0.341 e. The Hall–Kier alpha value is 0.531. The first-order valence-corrected chi connectivity index (χ1v) is 10.4. The van der Waals surface area contributed by atoms with Crippen LogP contribution in [0.4, 0.5) is 0 Å². The van der Waals surface area contributed by atoms with E-state index in [1.165, 1.54) is 0 Å². The van der Waals surface area contributed by atoms with Crippen LogP contribution in [0.2, 0.25) is 19.6 Å². The Kier molecular flexibility index (Phi) is 2.61. The van der Waals surface area contributed by atoms with Crippen LogP contribution in [0.3, 0.4) is 0 Å². The van der Waals surface area contributed by atoms with Crippen LogP contribution >= 0.6 is 0 Å². The fourth-order valence-electron chi connectivity index (χ4n) is 1.27. The van der Waals surface area contributed by atoms with Gasteiger partial charge in [-0.25, -0.2) is 0 Å². The molecule has 1 heterocycles. The monoisotopic (exact) mass is 177 g/mol. The summed E-state index contributed by atoms with van der Waals surface area (Å²) in [5, 5.41) is 0. The quantitative estimate of drug-likeness (QED) is 0.387. The van der Waals surface area contributed by atoms with Crippen LogP contribution < -0.4 is 13.9 Å². The van der Waals surface area contributed by atoms with Crippen LogP contribution in [-0.4, -0.2) is 27.4 Å². The van der Waals surface area contributed by atoms with Gasteiger partial charge in [-0.05, 0) is 19.6 Å². The summed E-state index contributed by atoms with van der Waals surface area (Å²) in [6, 6.07) is 0. The van der Waals surface area contributed by atoms with Crippen LogP contribution in [0, 0.1) is 0 Å². The third-order valence-corrected chi connectivity index (χ3v) is 13.5. The molecule has 1 aliphatic heterocycles. The van der Waals surface area contributed by atoms with Crippen molar-refractivity contribution in [2.45, 2.75) is 19.6 Å². The van der Waals surface area contributed by atoms with Crippen LogP contribution in [0.1, 0.15) is 0 Å². The Balaban J connectivity index is 2.34. The fourth-order valence-corrected chi connectivity index (χ4v) is 14.0. The summed E-state index contributed by atoms with van der Waals surface area (Å²) >= 11 is 0. The Labute approximate surface area is 61.5 Å². The third-order valence-electron chi connectivity index (χ3n) is 1.50. The molecule has 0 unspecified atom stereocenters. The maximum absolute atomic E-state index is 3.60. The minimum absolute atomic E-state index is 0.649. The summed E-state index contributed by atoms with van der Waals surface area (Å²) in [6.45, 7) is 6.98. The summed E-state index contributed by atoms with van der Waals surface area (Å²) in [5.41, 5.74) is 0. The predicted molar refractivity (Wildman–Crippen MR) is 48.4 cm³/mol. The summed E-state index contributed by atoms with van der Waals surface area (Å²) in [4.78, 5) is 0. The molecule has 0 bridgehead atoms. The molecule has 0 aromatic rings. The second-order valence-corrected chi connectivity index (χ2v) is 11.0. The third kappa shape index (κ3) is 2.32. The topological polar surface area (TPSA) is 36.1 Å². The van der Waals surface area contributed by atoms with E-state index in [0.717, 1.165) is 0 Å². The van der Waals surface area contributed by atoms with Crippen LogP contribution in [0.15, 0.2) is 0 Å². The van der Waals surface area contributed by atoms with Crippen molar-refractivity contribution in [3.8, 4) is 0 Å². The fraction of sp³-hybridized carbons (Fsp3) is 1.00. The van der Waals surface area contributed by atoms with Gasteiger partial charge in [-0.15, -0.1) is 0 Å². The van der Waals surface area contributed by atoms with Crippen molar-refractivity contribution in [1.82, 2.24) is 13.9 Å². The van der Waals surface area contributed by atoms with Gasteiger partial charge in [0.1, 0.15) is 0 Å². The van der Waals surface area contributed by atoms with Crippen LogP contribution in [0.25, 0.3) is 0 Å². The highest BCUT2D eigenvalue weighted by molar-refractivity contribution is 6.85. The van der Waals surface area contributed by atoms with E-state index >= 15 is 0 Å². The van der Waals surface area contributed by atoms with Gasteiger partial charge in [-0.2, -0.15) is 0 Å². The van der Waals surface area contributed by atoms with Crippen molar-refractivity contribution in [2.24, 2.45) is 0 Å². The first kappa shape index (κ1) is 7.64. The summed E-state index contributed by atoms with van der Waals surface area (Å²) < 4.78 is 10.8. The minimum atomic E-state index is -0.649. The van der Waals surface area contributed by atoms with E-state index in [4.69, 9.17) is 0 Å². The first-order chi connectivity index (χ1) is 4.18. The van der Waals surface area contributed by atoms with E-state index < -0.39 is 27.4 Å². The zero-order chi connectivity index (χ0) is 6.85. The maximum Gasteiger partial charge on any atom is 0.169 e. The summed E-state index contributed by atoms with van der Waals surface area (Å²) in [5.74, 6) is 0. The first-order valence-electron chi connectivity index (χ1n) is 3.46. The van der Waals surface area contributed by atoms with Gasteiger partial charge < -0.3 is 13.9 Å². The molecule has 0 amide bonds. The number of hydrogen-bond acceptors (Lipinski definition) is 3. The molecule has 0 saturated carbocycles. The van der Waals surface area contributed by atoms with Gasteiger partial charge >= 0.3 is 0 Å². The average molecular weight is 177 g/mol. The molecule has 6 heteroatoms. The second-order valence-electron chi connectivity index (χ2n) is 2.67. The lowest BCUT2D eigenvalue weighted by atomic mass is 11.9. The SMILES string of the molecule is C[SiH]1N[SiH](C)N[SiH](C)N1. The highest BCUT2D eigenvalue weighted by Crippen LogP contribution is 1.83. The van der Waals surface area contributed by atoms with Crippen molar-refractivity contribution in [2.75, 3.05) is 0 Å². The number of nitrogens with one attached hydrogen (secondary N) is 3. The normalized spacial score (nSPS) is 45.0. The molecule has 1 aliphatic rings. The summed E-state index contributed by atoms with van der Waals surface area (Å²) in [6.07, 6.45) is 0. The van der Waals surface area contributed by atoms with Crippen molar-refractivity contribution in [1.29, 1.82) is 0 Å². The zero-order valence-corrected chi connectivity index (χ0v) is 9.70. The molecule has 1 fully saturated rings. The van der Waals surface area contributed by atoms with E-state index in [1.807, 2.05) is 0 Å². The van der Waals surface area contributed by atoms with E-state index in [9.17, 15) is 0 Å². The predicted octanol–water partition coefficient (Wildman–Crippen LogP) is -1.68. The molecule has 0 radical (unpaired) electrons. The molecule has 3 N–H and O–H groups in total. The molecule has 0 aliphatic carbocycles. The average Bonchev–Trinajstić information content (AvgIpc) is 1.59. The lowest BCUT2D eigenvalue weighted by Gasteiger charge is -2.31. The molecule has 0 spiro atoms. The van der Waals surface area contributed by atoms with E-state index in [-0.39, 0.29) is 0 Å². The molecular formula is C3H15N3Si3. The molecule has 1 rings (SSSR count). The molecule has 0 atom stereocenters. The van der Waals surface area contributed by atoms with Gasteiger partial charge in [0.15, 0.2) is 27.4 Å². The van der Waals surface area contributed by atoms with Crippen LogP contribution in [0.5, 0.6) is 0 Å². The van der Waals surface area contributed by atoms with Crippen molar-refractivity contribution in [3.05, 3.63) is 0 Å². The lowest BCUT2D eigenvalue weighted by Crippen LogP contribution is -2.71. The number of rotatable bonds is 0. The Morgan fingerprint density at radius 3 is 1.11 bits per heavy atom. The Morgan fingerprint density at radius 1 is 0.667 bits per heavy atom. The molecule has 3 nitrogen and oxygen atoms in total.